The van der Waals surface area contributed by atoms with Crippen LogP contribution in [0.15, 0.2) is 12.7 Å². The number of nitrogens with zero attached hydrogens (tertiary/aromatic N) is 4. The van der Waals surface area contributed by atoms with Crippen LogP contribution >= 0.6 is 7.75 Å². The van der Waals surface area contributed by atoms with Crippen molar-refractivity contribution in [1.29, 1.82) is 0 Å². The highest BCUT2D eigenvalue weighted by atomic mass is 31.2. The third-order valence-electron chi connectivity index (χ3n) is 4.93. The molecule has 30 heavy (non-hydrogen) atoms. The lowest BCUT2D eigenvalue weighted by Crippen LogP contribution is -2.47. The fourth-order valence-electron chi connectivity index (χ4n) is 3.51. The summed E-state index contributed by atoms with van der Waals surface area (Å²) in [5, 5.41) is 24.7. The predicted molar refractivity (Wildman–Crippen MR) is 96.3 cm³/mol. The first kappa shape index (κ1) is 21.1. The van der Waals surface area contributed by atoms with Crippen molar-refractivity contribution < 1.29 is 38.1 Å². The van der Waals surface area contributed by atoms with E-state index in [0.717, 1.165) is 0 Å². The van der Waals surface area contributed by atoms with Gasteiger partial charge in [-0.2, -0.15) is 5.09 Å². The minimum absolute atomic E-state index is 0.143. The maximum absolute atomic E-state index is 12.5. The largest absolute Gasteiger partial charge is 0.834 e. The van der Waals surface area contributed by atoms with Crippen molar-refractivity contribution in [3.8, 4) is 0 Å². The summed E-state index contributed by atoms with van der Waals surface area (Å²) in [5.74, 6) is -0.574. The third kappa shape index (κ3) is 3.46. The topological polar surface area (TPSA) is 196 Å². The molecule has 4 heterocycles. The van der Waals surface area contributed by atoms with Crippen LogP contribution in [-0.4, -0.2) is 67.8 Å². The van der Waals surface area contributed by atoms with Gasteiger partial charge >= 0.3 is 13.7 Å². The SMILES string of the molecule is CC1NP(=O)(OC[C@H]2O[C@@H](n3cnc4c(N)ncnc43)C(C)(O)[C@H]2OC[O-])OC1=O. The zero-order chi connectivity index (χ0) is 21.7. The Balaban J connectivity index is 1.60. The van der Waals surface area contributed by atoms with E-state index in [1.807, 2.05) is 0 Å². The van der Waals surface area contributed by atoms with E-state index in [0.29, 0.717) is 11.2 Å². The quantitative estimate of drug-likeness (QED) is 0.342. The number of aromatic nitrogens is 4. The number of nitrogens with one attached hydrogen (secondary N) is 1. The number of hydrogen-bond donors (Lipinski definition) is 3. The van der Waals surface area contributed by atoms with Gasteiger partial charge in [-0.25, -0.2) is 24.3 Å². The second-order valence-corrected chi connectivity index (χ2v) is 8.79. The van der Waals surface area contributed by atoms with Gasteiger partial charge in [-0.3, -0.25) is 9.09 Å². The van der Waals surface area contributed by atoms with Gasteiger partial charge in [0.1, 0.15) is 35.7 Å². The van der Waals surface area contributed by atoms with E-state index in [2.05, 4.69) is 20.0 Å². The zero-order valence-corrected chi connectivity index (χ0v) is 16.9. The summed E-state index contributed by atoms with van der Waals surface area (Å²) in [6.45, 7) is 1.52. The Labute approximate surface area is 169 Å². The maximum atomic E-state index is 12.5. The van der Waals surface area contributed by atoms with E-state index in [1.54, 1.807) is 0 Å². The average molecular weight is 443 g/mol. The summed E-state index contributed by atoms with van der Waals surface area (Å²) in [5.41, 5.74) is 4.67. The molecule has 0 bridgehead atoms. The van der Waals surface area contributed by atoms with Gasteiger partial charge in [0.15, 0.2) is 17.7 Å². The van der Waals surface area contributed by atoms with Crippen LogP contribution in [0.2, 0.25) is 0 Å². The smallest absolute Gasteiger partial charge is 0.461 e. The maximum Gasteiger partial charge on any atom is 0.461 e. The van der Waals surface area contributed by atoms with Crippen molar-refractivity contribution in [3.05, 3.63) is 12.7 Å². The highest BCUT2D eigenvalue weighted by Crippen LogP contribution is 2.50. The molecule has 2 fully saturated rings. The summed E-state index contributed by atoms with van der Waals surface area (Å²) in [6.07, 6.45) is -0.688. The van der Waals surface area contributed by atoms with E-state index < -0.39 is 57.2 Å². The Hall–Kier alpha value is -2.19. The number of carbonyl (C=O) groups is 1. The summed E-state index contributed by atoms with van der Waals surface area (Å²) < 4.78 is 35.0. The first-order valence-electron chi connectivity index (χ1n) is 8.92. The molecule has 0 radical (unpaired) electrons. The van der Waals surface area contributed by atoms with Crippen LogP contribution in [0, 0.1) is 0 Å². The number of ether oxygens (including phenoxy) is 2. The van der Waals surface area contributed by atoms with Gasteiger partial charge in [0.2, 0.25) is 0 Å². The number of fused-ring (bicyclic) bond motifs is 1. The molecule has 2 aliphatic rings. The minimum atomic E-state index is -3.90. The summed E-state index contributed by atoms with van der Waals surface area (Å²) >= 11 is 0. The van der Waals surface area contributed by atoms with E-state index in [-0.39, 0.29) is 5.82 Å². The lowest BCUT2D eigenvalue weighted by Gasteiger charge is -2.31. The van der Waals surface area contributed by atoms with Crippen LogP contribution in [0.25, 0.3) is 11.2 Å². The molecule has 15 heteroatoms. The molecule has 0 spiro atoms. The lowest BCUT2D eigenvalue weighted by molar-refractivity contribution is -0.442. The van der Waals surface area contributed by atoms with E-state index >= 15 is 0 Å². The van der Waals surface area contributed by atoms with Crippen LogP contribution in [0.4, 0.5) is 5.82 Å². The van der Waals surface area contributed by atoms with Crippen molar-refractivity contribution in [2.45, 2.75) is 43.9 Å². The lowest BCUT2D eigenvalue weighted by atomic mass is 9.96. The van der Waals surface area contributed by atoms with E-state index in [4.69, 9.17) is 24.3 Å². The van der Waals surface area contributed by atoms with Gasteiger partial charge in [0, 0.05) is 0 Å². The Bertz CT molecular complexity index is 1010. The van der Waals surface area contributed by atoms with Crippen LogP contribution in [0.3, 0.4) is 0 Å². The van der Waals surface area contributed by atoms with Crippen LogP contribution in [0.1, 0.15) is 20.1 Å². The Kier molecular flexibility index (Phi) is 5.26. The van der Waals surface area contributed by atoms with E-state index in [9.17, 15) is 19.6 Å². The number of carbonyl (C=O) groups excluding carboxylic acids is 1. The first-order valence-corrected chi connectivity index (χ1v) is 10.5. The molecule has 4 rings (SSSR count). The van der Waals surface area contributed by atoms with Gasteiger partial charge in [-0.05, 0) is 20.6 Å². The van der Waals surface area contributed by atoms with Gasteiger partial charge in [-0.1, -0.05) is 0 Å². The molecule has 0 aliphatic carbocycles. The second-order valence-electron chi connectivity index (χ2n) is 7.10. The van der Waals surface area contributed by atoms with Gasteiger partial charge in [-0.15, -0.1) is 0 Å². The third-order valence-corrected chi connectivity index (χ3v) is 6.54. The fraction of sp³-hybridized carbons (Fsp3) is 0.600. The number of nitrogen functional groups attached to an aromatic ring is 1. The Morgan fingerprint density at radius 1 is 1.47 bits per heavy atom. The number of rotatable bonds is 6. The molecule has 164 valence electrons. The van der Waals surface area contributed by atoms with Crippen LogP contribution < -0.4 is 15.9 Å². The molecule has 2 aromatic rings. The summed E-state index contributed by atoms with van der Waals surface area (Å²) in [4.78, 5) is 23.6. The molecule has 2 saturated heterocycles. The monoisotopic (exact) mass is 443 g/mol. The molecule has 0 amide bonds. The molecule has 0 aromatic carbocycles. The minimum Gasteiger partial charge on any atom is -0.834 e. The van der Waals surface area contributed by atoms with E-state index in [1.165, 1.54) is 31.1 Å². The Morgan fingerprint density at radius 3 is 2.90 bits per heavy atom. The standard InChI is InChI=1S/C15H20N6O8P/c1-7-13(23)29-30(25,20-7)27-3-8-10(26-6-22)15(2,24)14(28-8)21-5-19-9-11(16)17-4-18-12(9)21/h4-5,7-8,10,14,24H,3,6H2,1-2H3,(H,20,25)(H2,16,17,18)/q-1/t7?,8-,10+,14-,15?,30?/m1/s1. The summed E-state index contributed by atoms with van der Waals surface area (Å²) in [7, 11) is -3.90. The van der Waals surface area contributed by atoms with Crippen molar-refractivity contribution in [2.75, 3.05) is 19.1 Å². The zero-order valence-electron chi connectivity index (χ0n) is 16.0. The van der Waals surface area contributed by atoms with Gasteiger partial charge in [0.25, 0.3) is 0 Å². The molecule has 2 aromatic heterocycles. The number of anilines is 1. The molecule has 3 unspecified atom stereocenters. The first-order chi connectivity index (χ1) is 14.2. The van der Waals surface area contributed by atoms with Crippen LogP contribution in [0.5, 0.6) is 0 Å². The van der Waals surface area contributed by atoms with Crippen molar-refractivity contribution in [3.63, 3.8) is 0 Å². The molecular weight excluding hydrogens is 423 g/mol. The number of imidazole rings is 1. The number of nitrogens with two attached hydrogens (primary N) is 1. The highest BCUT2D eigenvalue weighted by molar-refractivity contribution is 7.52. The molecule has 6 atom stereocenters. The van der Waals surface area contributed by atoms with Gasteiger partial charge in [0.05, 0.1) is 12.9 Å². The second kappa shape index (κ2) is 7.50. The molecule has 0 saturated carbocycles. The van der Waals surface area contributed by atoms with Crippen molar-refractivity contribution >= 4 is 30.7 Å². The number of aliphatic hydroxyl groups is 1. The summed E-state index contributed by atoms with van der Waals surface area (Å²) in [6, 6.07) is -0.799. The predicted octanol–water partition coefficient (Wildman–Crippen LogP) is -1.58. The van der Waals surface area contributed by atoms with Crippen LogP contribution in [-0.2, 0) is 27.9 Å². The number of hydrogen-bond acceptors (Lipinski definition) is 12. The molecule has 4 N–H and O–H groups in total. The fourth-order valence-corrected chi connectivity index (χ4v) is 5.00. The van der Waals surface area contributed by atoms with Crippen molar-refractivity contribution in [1.82, 2.24) is 24.6 Å². The normalized spacial score (nSPS) is 36.5. The highest BCUT2D eigenvalue weighted by Gasteiger charge is 2.55. The van der Waals surface area contributed by atoms with Gasteiger partial charge < -0.3 is 29.9 Å². The molecule has 2 aliphatic heterocycles. The van der Waals surface area contributed by atoms with Crippen molar-refractivity contribution in [2.24, 2.45) is 0 Å². The molecule has 14 nitrogen and oxygen atoms in total. The molecular formula is C15H20N6O8P-. The average Bonchev–Trinajstić information content (AvgIpc) is 3.29. The Morgan fingerprint density at radius 2 is 2.23 bits per heavy atom.